The molecule has 14 heavy (non-hydrogen) atoms. The van der Waals surface area contributed by atoms with Gasteiger partial charge in [-0.15, -0.1) is 11.3 Å². The minimum absolute atomic E-state index is 0. The maximum atomic E-state index is 10.6. The maximum Gasteiger partial charge on any atom is 0.345 e. The van der Waals surface area contributed by atoms with E-state index in [9.17, 15) is 4.79 Å². The molecule has 0 atom stereocenters. The molecular weight excluding hydrogens is 204 g/mol. The van der Waals surface area contributed by atoms with Crippen molar-refractivity contribution >= 4 is 17.3 Å². The molecule has 0 aliphatic heterocycles. The van der Waals surface area contributed by atoms with Crippen LogP contribution >= 0.6 is 11.3 Å². The van der Waals surface area contributed by atoms with Crippen LogP contribution in [0.4, 0.5) is 0 Å². The number of carbonyl (C=O) groups is 1. The summed E-state index contributed by atoms with van der Waals surface area (Å²) in [7, 11) is 0. The largest absolute Gasteiger partial charge is 0.477 e. The van der Waals surface area contributed by atoms with Gasteiger partial charge in [0.1, 0.15) is 10.7 Å². The Labute approximate surface area is 83.4 Å². The van der Waals surface area contributed by atoms with Crippen LogP contribution in [0.5, 0.6) is 0 Å². The van der Waals surface area contributed by atoms with Crippen LogP contribution in [0.25, 0.3) is 10.7 Å². The highest BCUT2D eigenvalue weighted by atomic mass is 32.1. The van der Waals surface area contributed by atoms with E-state index in [1.54, 1.807) is 24.5 Å². The molecule has 0 fully saturated rings. The van der Waals surface area contributed by atoms with Crippen molar-refractivity contribution in [1.82, 2.24) is 9.97 Å². The van der Waals surface area contributed by atoms with Gasteiger partial charge in [-0.1, -0.05) is 0 Å². The van der Waals surface area contributed by atoms with Crippen molar-refractivity contribution in [2.45, 2.75) is 0 Å². The van der Waals surface area contributed by atoms with Crippen molar-refractivity contribution in [1.29, 1.82) is 0 Å². The Hall–Kier alpha value is -1.66. The van der Waals surface area contributed by atoms with Gasteiger partial charge in [-0.05, 0) is 12.1 Å². The summed E-state index contributed by atoms with van der Waals surface area (Å²) in [6.07, 6.45) is 3.34. The summed E-state index contributed by atoms with van der Waals surface area (Å²) >= 11 is 1.21. The minimum Gasteiger partial charge on any atom is -0.477 e. The SMILES string of the molecule is O.O=C(O)c1ccc(-c2ncc[nH]2)s1. The summed E-state index contributed by atoms with van der Waals surface area (Å²) in [6, 6.07) is 3.32. The quantitative estimate of drug-likeness (QED) is 0.777. The molecule has 0 amide bonds. The second-order valence-corrected chi connectivity index (χ2v) is 3.49. The molecule has 2 rings (SSSR count). The Morgan fingerprint density at radius 1 is 1.50 bits per heavy atom. The number of carboxylic acids is 1. The van der Waals surface area contributed by atoms with Crippen LogP contribution in [0.2, 0.25) is 0 Å². The van der Waals surface area contributed by atoms with Crippen LogP contribution in [-0.2, 0) is 0 Å². The topological polar surface area (TPSA) is 97.5 Å². The third-order valence-electron chi connectivity index (χ3n) is 1.55. The van der Waals surface area contributed by atoms with Gasteiger partial charge in [-0.3, -0.25) is 0 Å². The Bertz CT molecular complexity index is 421. The maximum absolute atomic E-state index is 10.6. The van der Waals surface area contributed by atoms with E-state index in [-0.39, 0.29) is 5.48 Å². The predicted molar refractivity (Wildman–Crippen MR) is 52.5 cm³/mol. The second kappa shape index (κ2) is 4.03. The monoisotopic (exact) mass is 212 g/mol. The Kier molecular flexibility index (Phi) is 3.00. The molecule has 0 spiro atoms. The number of carboxylic acid groups (broad SMARTS) is 1. The molecule has 0 unspecified atom stereocenters. The fraction of sp³-hybridized carbons (Fsp3) is 0. The number of hydrogen-bond acceptors (Lipinski definition) is 3. The zero-order valence-electron chi connectivity index (χ0n) is 7.02. The van der Waals surface area contributed by atoms with E-state index < -0.39 is 5.97 Å². The van der Waals surface area contributed by atoms with Crippen LogP contribution in [0, 0.1) is 0 Å². The number of aromatic nitrogens is 2. The number of aromatic amines is 1. The predicted octanol–water partition coefficient (Wildman–Crippen LogP) is 1.01. The van der Waals surface area contributed by atoms with E-state index in [4.69, 9.17) is 5.11 Å². The fourth-order valence-electron chi connectivity index (χ4n) is 0.980. The van der Waals surface area contributed by atoms with Gasteiger partial charge in [-0.2, -0.15) is 0 Å². The highest BCUT2D eigenvalue weighted by Crippen LogP contribution is 2.24. The van der Waals surface area contributed by atoms with E-state index in [0.29, 0.717) is 10.7 Å². The lowest BCUT2D eigenvalue weighted by atomic mass is 10.4. The first-order valence-electron chi connectivity index (χ1n) is 3.60. The van der Waals surface area contributed by atoms with Crippen molar-refractivity contribution < 1.29 is 15.4 Å². The van der Waals surface area contributed by atoms with Crippen molar-refractivity contribution in [2.75, 3.05) is 0 Å². The molecule has 4 N–H and O–H groups in total. The van der Waals surface area contributed by atoms with Crippen molar-refractivity contribution in [3.8, 4) is 10.7 Å². The molecular formula is C8H8N2O3S. The molecule has 5 nitrogen and oxygen atoms in total. The molecule has 0 bridgehead atoms. The third kappa shape index (κ3) is 1.81. The lowest BCUT2D eigenvalue weighted by Gasteiger charge is -1.87. The van der Waals surface area contributed by atoms with Gasteiger partial charge in [0, 0.05) is 12.4 Å². The molecule has 0 saturated carbocycles. The van der Waals surface area contributed by atoms with Crippen LogP contribution in [0.15, 0.2) is 24.5 Å². The fourth-order valence-corrected chi connectivity index (χ4v) is 1.78. The molecule has 0 aliphatic rings. The number of nitrogens with one attached hydrogen (secondary N) is 1. The number of H-pyrrole nitrogens is 1. The van der Waals surface area contributed by atoms with Crippen molar-refractivity contribution in [3.63, 3.8) is 0 Å². The molecule has 0 aromatic carbocycles. The molecule has 0 radical (unpaired) electrons. The van der Waals surface area contributed by atoms with Crippen LogP contribution in [0.3, 0.4) is 0 Å². The third-order valence-corrected chi connectivity index (χ3v) is 2.63. The average molecular weight is 212 g/mol. The van der Waals surface area contributed by atoms with Gasteiger partial charge in [0.25, 0.3) is 0 Å². The normalized spacial score (nSPS) is 9.43. The summed E-state index contributed by atoms with van der Waals surface area (Å²) in [5, 5.41) is 8.68. The van der Waals surface area contributed by atoms with Gasteiger partial charge in [0.2, 0.25) is 0 Å². The van der Waals surface area contributed by atoms with Crippen molar-refractivity contribution in [3.05, 3.63) is 29.4 Å². The van der Waals surface area contributed by atoms with Crippen LogP contribution in [0.1, 0.15) is 9.67 Å². The molecule has 2 heterocycles. The first-order valence-corrected chi connectivity index (χ1v) is 4.42. The Balaban J connectivity index is 0.000000980. The molecule has 74 valence electrons. The number of nitrogens with zero attached hydrogens (tertiary/aromatic N) is 1. The van der Waals surface area contributed by atoms with Gasteiger partial charge in [-0.25, -0.2) is 9.78 Å². The lowest BCUT2D eigenvalue weighted by molar-refractivity contribution is 0.0702. The molecule has 6 heteroatoms. The highest BCUT2D eigenvalue weighted by Gasteiger charge is 2.08. The van der Waals surface area contributed by atoms with E-state index in [1.165, 1.54) is 11.3 Å². The van der Waals surface area contributed by atoms with E-state index >= 15 is 0 Å². The number of aromatic carboxylic acids is 1. The highest BCUT2D eigenvalue weighted by molar-refractivity contribution is 7.17. The standard InChI is InChI=1S/C8H6N2O2S.H2O/c11-8(12)6-2-1-5(13-6)7-9-3-4-10-7;/h1-4H,(H,9,10)(H,11,12);1H2. The van der Waals surface area contributed by atoms with Gasteiger partial charge < -0.3 is 15.6 Å². The summed E-state index contributed by atoms with van der Waals surface area (Å²) in [5.74, 6) is -0.194. The van der Waals surface area contributed by atoms with Crippen LogP contribution < -0.4 is 0 Å². The van der Waals surface area contributed by atoms with E-state index in [2.05, 4.69) is 9.97 Å². The minimum atomic E-state index is -0.900. The van der Waals surface area contributed by atoms with E-state index in [1.807, 2.05) is 0 Å². The Morgan fingerprint density at radius 2 is 2.29 bits per heavy atom. The van der Waals surface area contributed by atoms with E-state index in [0.717, 1.165) is 4.88 Å². The molecule has 0 aliphatic carbocycles. The molecule has 2 aromatic heterocycles. The lowest BCUT2D eigenvalue weighted by Crippen LogP contribution is -1.89. The van der Waals surface area contributed by atoms with Gasteiger partial charge in [0.15, 0.2) is 0 Å². The second-order valence-electron chi connectivity index (χ2n) is 2.41. The van der Waals surface area contributed by atoms with Gasteiger partial charge >= 0.3 is 5.97 Å². The van der Waals surface area contributed by atoms with Gasteiger partial charge in [0.05, 0.1) is 4.88 Å². The summed E-state index contributed by atoms with van der Waals surface area (Å²) in [6.45, 7) is 0. The van der Waals surface area contributed by atoms with Crippen LogP contribution in [-0.4, -0.2) is 26.5 Å². The zero-order valence-corrected chi connectivity index (χ0v) is 7.84. The number of imidazole rings is 1. The first-order chi connectivity index (χ1) is 6.27. The summed E-state index contributed by atoms with van der Waals surface area (Å²) in [5.41, 5.74) is 0. The average Bonchev–Trinajstić information content (AvgIpc) is 2.75. The number of thiophene rings is 1. The smallest absolute Gasteiger partial charge is 0.345 e. The molecule has 2 aromatic rings. The zero-order chi connectivity index (χ0) is 9.26. The first kappa shape index (κ1) is 10.4. The number of rotatable bonds is 2. The number of hydrogen-bond donors (Lipinski definition) is 2. The van der Waals surface area contributed by atoms with Crippen molar-refractivity contribution in [2.24, 2.45) is 0 Å². The summed E-state index contributed by atoms with van der Waals surface area (Å²) < 4.78 is 0. The summed E-state index contributed by atoms with van der Waals surface area (Å²) in [4.78, 5) is 18.7. The molecule has 0 saturated heterocycles. The Morgan fingerprint density at radius 3 is 2.79 bits per heavy atom.